The summed E-state index contributed by atoms with van der Waals surface area (Å²) in [6.07, 6.45) is 0. The van der Waals surface area contributed by atoms with Crippen LogP contribution in [0.15, 0.2) is 63.7 Å². The first kappa shape index (κ1) is 17.3. The summed E-state index contributed by atoms with van der Waals surface area (Å²) >= 11 is 6.00. The zero-order valence-electron chi connectivity index (χ0n) is 13.0. The number of azo groups is 1. The van der Waals surface area contributed by atoms with Gasteiger partial charge in [0.15, 0.2) is 0 Å². The van der Waals surface area contributed by atoms with E-state index in [9.17, 15) is 13.5 Å². The standard InChI is InChI=1S/C17H13ClN2O4S/c1-10-13(7-9-15(16(10)18)25(22,23)24)19-20-17-12-5-3-2-4-11(12)6-8-14(17)21/h2-9,21H,1H3,(H,22,23,24). The van der Waals surface area contributed by atoms with Crippen LogP contribution in [0.2, 0.25) is 5.02 Å². The summed E-state index contributed by atoms with van der Waals surface area (Å²) in [5.74, 6) is -0.0271. The van der Waals surface area contributed by atoms with E-state index in [0.717, 1.165) is 16.8 Å². The molecule has 0 aliphatic carbocycles. The van der Waals surface area contributed by atoms with E-state index in [1.165, 1.54) is 12.1 Å². The molecule has 0 amide bonds. The van der Waals surface area contributed by atoms with Gasteiger partial charge >= 0.3 is 0 Å². The van der Waals surface area contributed by atoms with Crippen LogP contribution in [0.25, 0.3) is 10.8 Å². The highest BCUT2D eigenvalue weighted by Gasteiger charge is 2.18. The predicted molar refractivity (Wildman–Crippen MR) is 95.8 cm³/mol. The Morgan fingerprint density at radius 1 is 1.00 bits per heavy atom. The largest absolute Gasteiger partial charge is 0.506 e. The number of rotatable bonds is 3. The predicted octanol–water partition coefficient (Wildman–Crippen LogP) is 5.17. The average molecular weight is 377 g/mol. The van der Waals surface area contributed by atoms with E-state index in [2.05, 4.69) is 10.2 Å². The second kappa shape index (κ2) is 6.44. The van der Waals surface area contributed by atoms with Crippen molar-refractivity contribution in [2.24, 2.45) is 10.2 Å². The molecule has 8 heteroatoms. The number of phenolic OH excluding ortho intramolecular Hbond substituents is 1. The molecule has 0 aromatic heterocycles. The topological polar surface area (TPSA) is 99.3 Å². The summed E-state index contributed by atoms with van der Waals surface area (Å²) in [5.41, 5.74) is 0.970. The molecule has 0 atom stereocenters. The first-order valence-corrected chi connectivity index (χ1v) is 9.00. The third kappa shape index (κ3) is 3.34. The van der Waals surface area contributed by atoms with E-state index in [-0.39, 0.29) is 10.8 Å². The summed E-state index contributed by atoms with van der Waals surface area (Å²) in [7, 11) is -4.42. The third-order valence-electron chi connectivity index (χ3n) is 3.74. The second-order valence-electron chi connectivity index (χ2n) is 5.35. The maximum atomic E-state index is 11.3. The highest BCUT2D eigenvalue weighted by Crippen LogP contribution is 2.37. The van der Waals surface area contributed by atoms with E-state index in [0.29, 0.717) is 16.9 Å². The van der Waals surface area contributed by atoms with Crippen LogP contribution in [-0.2, 0) is 10.1 Å². The van der Waals surface area contributed by atoms with E-state index >= 15 is 0 Å². The molecule has 0 aliphatic rings. The van der Waals surface area contributed by atoms with Crippen LogP contribution in [0.5, 0.6) is 5.75 Å². The van der Waals surface area contributed by atoms with Gasteiger partial charge in [0.2, 0.25) is 0 Å². The molecule has 0 aliphatic heterocycles. The number of hydrogen-bond donors (Lipinski definition) is 2. The van der Waals surface area contributed by atoms with Crippen molar-refractivity contribution in [2.45, 2.75) is 11.8 Å². The van der Waals surface area contributed by atoms with Crippen molar-refractivity contribution in [3.8, 4) is 5.75 Å². The van der Waals surface area contributed by atoms with Crippen LogP contribution in [0.4, 0.5) is 11.4 Å². The number of phenols is 1. The Balaban J connectivity index is 2.10. The molecule has 2 N–H and O–H groups in total. The maximum Gasteiger partial charge on any atom is 0.296 e. The quantitative estimate of drug-likeness (QED) is 0.486. The van der Waals surface area contributed by atoms with E-state index in [1.54, 1.807) is 13.0 Å². The van der Waals surface area contributed by atoms with Gasteiger partial charge in [-0.1, -0.05) is 41.9 Å². The van der Waals surface area contributed by atoms with Crippen molar-refractivity contribution in [1.29, 1.82) is 0 Å². The van der Waals surface area contributed by atoms with Gasteiger partial charge in [-0.15, -0.1) is 5.11 Å². The van der Waals surface area contributed by atoms with Crippen molar-refractivity contribution in [3.05, 3.63) is 59.1 Å². The highest BCUT2D eigenvalue weighted by atomic mass is 35.5. The van der Waals surface area contributed by atoms with Crippen molar-refractivity contribution in [1.82, 2.24) is 0 Å². The molecule has 6 nitrogen and oxygen atoms in total. The number of fused-ring (bicyclic) bond motifs is 1. The Morgan fingerprint density at radius 3 is 2.44 bits per heavy atom. The normalized spacial score (nSPS) is 12.1. The summed E-state index contributed by atoms with van der Waals surface area (Å²) in [4.78, 5) is -0.390. The molecule has 3 aromatic rings. The fraction of sp³-hybridized carbons (Fsp3) is 0.0588. The maximum absolute atomic E-state index is 11.3. The number of halogens is 1. The SMILES string of the molecule is Cc1c(N=Nc2c(O)ccc3ccccc23)ccc(S(=O)(=O)O)c1Cl. The molecule has 0 spiro atoms. The highest BCUT2D eigenvalue weighted by molar-refractivity contribution is 7.86. The van der Waals surface area contributed by atoms with Crippen LogP contribution in [0.3, 0.4) is 0 Å². The molecule has 0 bridgehead atoms. The summed E-state index contributed by atoms with van der Waals surface area (Å²) in [5, 5.41) is 19.7. The lowest BCUT2D eigenvalue weighted by Crippen LogP contribution is -1.99. The van der Waals surface area contributed by atoms with E-state index < -0.39 is 15.0 Å². The Kier molecular flexibility index (Phi) is 4.47. The molecule has 3 aromatic carbocycles. The number of hydrogen-bond acceptors (Lipinski definition) is 5. The van der Waals surface area contributed by atoms with Gasteiger partial charge in [-0.05, 0) is 36.1 Å². The van der Waals surface area contributed by atoms with Gasteiger partial charge in [-0.2, -0.15) is 13.5 Å². The fourth-order valence-corrected chi connectivity index (χ4v) is 3.48. The van der Waals surface area contributed by atoms with Gasteiger partial charge < -0.3 is 5.11 Å². The Bertz CT molecular complexity index is 1110. The monoisotopic (exact) mass is 376 g/mol. The van der Waals surface area contributed by atoms with Crippen molar-refractivity contribution < 1.29 is 18.1 Å². The van der Waals surface area contributed by atoms with Gasteiger partial charge in [0, 0.05) is 5.39 Å². The molecular weight excluding hydrogens is 364 g/mol. The summed E-state index contributed by atoms with van der Waals surface area (Å²) in [6.45, 7) is 1.56. The lowest BCUT2D eigenvalue weighted by Gasteiger charge is -2.07. The second-order valence-corrected chi connectivity index (χ2v) is 7.12. The average Bonchev–Trinajstić information content (AvgIpc) is 2.56. The van der Waals surface area contributed by atoms with Crippen molar-refractivity contribution in [2.75, 3.05) is 0 Å². The summed E-state index contributed by atoms with van der Waals surface area (Å²) < 4.78 is 31.7. The molecular formula is C17H13ClN2O4S. The first-order chi connectivity index (χ1) is 11.8. The number of benzene rings is 3. The number of nitrogens with zero attached hydrogens (tertiary/aromatic N) is 2. The molecule has 3 rings (SSSR count). The van der Waals surface area contributed by atoms with Crippen molar-refractivity contribution >= 4 is 43.9 Å². The smallest absolute Gasteiger partial charge is 0.296 e. The molecule has 25 heavy (non-hydrogen) atoms. The lowest BCUT2D eigenvalue weighted by atomic mass is 10.1. The lowest BCUT2D eigenvalue weighted by molar-refractivity contribution is 0.477. The first-order valence-electron chi connectivity index (χ1n) is 7.18. The molecule has 0 saturated heterocycles. The summed E-state index contributed by atoms with van der Waals surface area (Å²) in [6, 6.07) is 13.2. The zero-order valence-corrected chi connectivity index (χ0v) is 14.6. The molecule has 0 radical (unpaired) electrons. The van der Waals surface area contributed by atoms with Gasteiger partial charge in [-0.25, -0.2) is 0 Å². The Morgan fingerprint density at radius 2 is 1.72 bits per heavy atom. The van der Waals surface area contributed by atoms with E-state index in [1.807, 2.05) is 24.3 Å². The minimum absolute atomic E-state index is 0.0271. The van der Waals surface area contributed by atoms with E-state index in [4.69, 9.17) is 16.2 Å². The van der Waals surface area contributed by atoms with Gasteiger partial charge in [0.1, 0.15) is 16.3 Å². The Labute approximate surface area is 149 Å². The minimum atomic E-state index is -4.42. The van der Waals surface area contributed by atoms with Gasteiger partial charge in [0.25, 0.3) is 10.1 Å². The van der Waals surface area contributed by atoms with Crippen LogP contribution < -0.4 is 0 Å². The molecule has 0 fully saturated rings. The molecule has 0 unspecified atom stereocenters. The molecule has 128 valence electrons. The van der Waals surface area contributed by atoms with Crippen LogP contribution >= 0.6 is 11.6 Å². The number of aromatic hydroxyl groups is 1. The fourth-order valence-electron chi connectivity index (χ4n) is 2.41. The molecule has 0 heterocycles. The van der Waals surface area contributed by atoms with Crippen LogP contribution in [0, 0.1) is 6.92 Å². The minimum Gasteiger partial charge on any atom is -0.506 e. The van der Waals surface area contributed by atoms with Crippen LogP contribution in [-0.4, -0.2) is 18.1 Å². The third-order valence-corrected chi connectivity index (χ3v) is 5.23. The van der Waals surface area contributed by atoms with Crippen LogP contribution in [0.1, 0.15) is 5.56 Å². The zero-order chi connectivity index (χ0) is 18.2. The van der Waals surface area contributed by atoms with Gasteiger partial charge in [-0.3, -0.25) is 4.55 Å². The Hall–Kier alpha value is -2.48. The molecule has 0 saturated carbocycles. The van der Waals surface area contributed by atoms with Crippen molar-refractivity contribution in [3.63, 3.8) is 0 Å². The van der Waals surface area contributed by atoms with Gasteiger partial charge in [0.05, 0.1) is 10.7 Å².